The maximum absolute atomic E-state index is 6.21. The second-order valence-corrected chi connectivity index (χ2v) is 5.00. The summed E-state index contributed by atoms with van der Waals surface area (Å²) in [6, 6.07) is 0.463. The fourth-order valence-electron chi connectivity index (χ4n) is 2.22. The number of nitrogens with two attached hydrogens (primary N) is 1. The topological polar surface area (TPSA) is 56.3 Å². The average Bonchev–Trinajstić information content (AvgIpc) is 2.70. The van der Waals surface area contributed by atoms with Crippen LogP contribution in [0, 0.1) is 0 Å². The smallest absolute Gasteiger partial charge is 0.0674 e. The predicted molar refractivity (Wildman–Crippen MR) is 66.6 cm³/mol. The molecule has 1 fully saturated rings. The Balaban J connectivity index is 1.95. The van der Waals surface area contributed by atoms with Crippen LogP contribution in [0.15, 0.2) is 12.4 Å². The molecule has 0 radical (unpaired) electrons. The maximum atomic E-state index is 6.21. The van der Waals surface area contributed by atoms with Gasteiger partial charge in [-0.1, -0.05) is 0 Å². The van der Waals surface area contributed by atoms with Crippen molar-refractivity contribution >= 4 is 0 Å². The summed E-state index contributed by atoms with van der Waals surface area (Å²) in [4.78, 5) is 2.39. The molecule has 3 atom stereocenters. The molecule has 1 aromatic heterocycles. The van der Waals surface area contributed by atoms with E-state index in [4.69, 9.17) is 10.5 Å². The molecule has 1 aliphatic rings. The van der Waals surface area contributed by atoms with Crippen LogP contribution in [0.5, 0.6) is 0 Å². The van der Waals surface area contributed by atoms with Gasteiger partial charge in [-0.15, -0.1) is 0 Å². The summed E-state index contributed by atoms with van der Waals surface area (Å²) in [7, 11) is 1.91. The number of rotatable bonds is 3. The molecule has 1 aromatic rings. The molecule has 5 nitrogen and oxygen atoms in total. The van der Waals surface area contributed by atoms with E-state index in [0.717, 1.165) is 25.3 Å². The Labute approximate surface area is 103 Å². The Hall–Kier alpha value is -0.910. The fraction of sp³-hybridized carbons (Fsp3) is 0.750. The number of nitrogens with zero attached hydrogens (tertiary/aromatic N) is 3. The summed E-state index contributed by atoms with van der Waals surface area (Å²) >= 11 is 0. The zero-order valence-electron chi connectivity index (χ0n) is 10.8. The SMILES string of the molecule is CC1CN(CC(N)c2cnn(C)c2)C(C)CO1. The summed E-state index contributed by atoms with van der Waals surface area (Å²) < 4.78 is 7.40. The quantitative estimate of drug-likeness (QED) is 0.834. The van der Waals surface area contributed by atoms with E-state index in [2.05, 4.69) is 23.8 Å². The van der Waals surface area contributed by atoms with Gasteiger partial charge in [-0.2, -0.15) is 5.10 Å². The zero-order chi connectivity index (χ0) is 12.4. The van der Waals surface area contributed by atoms with E-state index >= 15 is 0 Å². The molecule has 2 heterocycles. The largest absolute Gasteiger partial charge is 0.376 e. The van der Waals surface area contributed by atoms with Gasteiger partial charge in [-0.3, -0.25) is 9.58 Å². The lowest BCUT2D eigenvalue weighted by atomic mass is 10.1. The van der Waals surface area contributed by atoms with Crippen molar-refractivity contribution in [2.75, 3.05) is 19.7 Å². The Morgan fingerprint density at radius 1 is 1.59 bits per heavy atom. The molecule has 0 aromatic carbocycles. The Kier molecular flexibility index (Phi) is 3.81. The maximum Gasteiger partial charge on any atom is 0.0674 e. The van der Waals surface area contributed by atoms with Crippen LogP contribution in [0.1, 0.15) is 25.5 Å². The van der Waals surface area contributed by atoms with Crippen LogP contribution in [0.2, 0.25) is 0 Å². The number of hydrogen-bond donors (Lipinski definition) is 1. The van der Waals surface area contributed by atoms with Crippen molar-refractivity contribution in [1.29, 1.82) is 0 Å². The van der Waals surface area contributed by atoms with Gasteiger partial charge in [0, 0.05) is 44.0 Å². The van der Waals surface area contributed by atoms with E-state index in [9.17, 15) is 0 Å². The first kappa shape index (κ1) is 12.5. The van der Waals surface area contributed by atoms with Gasteiger partial charge in [0.2, 0.25) is 0 Å². The molecule has 5 heteroatoms. The highest BCUT2D eigenvalue weighted by molar-refractivity contribution is 5.10. The van der Waals surface area contributed by atoms with Crippen molar-refractivity contribution in [3.8, 4) is 0 Å². The summed E-state index contributed by atoms with van der Waals surface area (Å²) in [5.74, 6) is 0. The normalized spacial score (nSPS) is 28.2. The average molecular weight is 238 g/mol. The minimum Gasteiger partial charge on any atom is -0.376 e. The Bertz CT molecular complexity index is 365. The molecule has 0 spiro atoms. The van der Waals surface area contributed by atoms with Gasteiger partial charge in [-0.05, 0) is 13.8 Å². The van der Waals surface area contributed by atoms with Crippen molar-refractivity contribution in [2.24, 2.45) is 12.8 Å². The van der Waals surface area contributed by atoms with Gasteiger partial charge in [0.1, 0.15) is 0 Å². The molecular formula is C12H22N4O. The fourth-order valence-corrected chi connectivity index (χ4v) is 2.22. The summed E-state index contributed by atoms with van der Waals surface area (Å²) in [5, 5.41) is 4.16. The molecule has 0 saturated carbocycles. The molecule has 3 unspecified atom stereocenters. The van der Waals surface area contributed by atoms with Crippen LogP contribution in [-0.4, -0.2) is 46.5 Å². The molecule has 2 N–H and O–H groups in total. The first-order valence-electron chi connectivity index (χ1n) is 6.16. The highest BCUT2D eigenvalue weighted by Crippen LogP contribution is 2.16. The molecule has 96 valence electrons. The highest BCUT2D eigenvalue weighted by Gasteiger charge is 2.25. The van der Waals surface area contributed by atoms with Gasteiger partial charge in [0.15, 0.2) is 0 Å². The third-order valence-electron chi connectivity index (χ3n) is 3.32. The van der Waals surface area contributed by atoms with Gasteiger partial charge < -0.3 is 10.5 Å². The van der Waals surface area contributed by atoms with Crippen LogP contribution < -0.4 is 5.73 Å². The predicted octanol–water partition coefficient (Wildman–Crippen LogP) is 0.529. The van der Waals surface area contributed by atoms with Crippen molar-refractivity contribution in [1.82, 2.24) is 14.7 Å². The van der Waals surface area contributed by atoms with Crippen LogP contribution in [-0.2, 0) is 11.8 Å². The minimum absolute atomic E-state index is 0.0245. The molecule has 0 bridgehead atoms. The monoisotopic (exact) mass is 238 g/mol. The van der Waals surface area contributed by atoms with Crippen molar-refractivity contribution in [3.05, 3.63) is 18.0 Å². The molecule has 0 amide bonds. The summed E-state index contributed by atoms with van der Waals surface area (Å²) in [6.45, 7) is 6.90. The lowest BCUT2D eigenvalue weighted by Gasteiger charge is -2.37. The van der Waals surface area contributed by atoms with E-state index in [1.807, 2.05) is 19.4 Å². The number of morpholine rings is 1. The van der Waals surface area contributed by atoms with Crippen molar-refractivity contribution in [3.63, 3.8) is 0 Å². The van der Waals surface area contributed by atoms with Crippen LogP contribution in [0.3, 0.4) is 0 Å². The zero-order valence-corrected chi connectivity index (χ0v) is 10.8. The van der Waals surface area contributed by atoms with Crippen molar-refractivity contribution in [2.45, 2.75) is 32.0 Å². The number of aromatic nitrogens is 2. The van der Waals surface area contributed by atoms with Gasteiger partial charge in [0.25, 0.3) is 0 Å². The first-order chi connectivity index (χ1) is 8.06. The molecular weight excluding hydrogens is 216 g/mol. The Morgan fingerprint density at radius 2 is 2.35 bits per heavy atom. The van der Waals surface area contributed by atoms with E-state index in [1.54, 1.807) is 4.68 Å². The second kappa shape index (κ2) is 5.16. The standard InChI is InChI=1S/C12H22N4O/c1-9-8-17-10(2)5-16(9)7-12(13)11-4-14-15(3)6-11/h4,6,9-10,12H,5,7-8,13H2,1-3H3. The van der Waals surface area contributed by atoms with E-state index in [1.165, 1.54) is 0 Å². The molecule has 1 aliphatic heterocycles. The number of ether oxygens (including phenoxy) is 1. The van der Waals surface area contributed by atoms with E-state index < -0.39 is 0 Å². The lowest BCUT2D eigenvalue weighted by molar-refractivity contribution is -0.0510. The third-order valence-corrected chi connectivity index (χ3v) is 3.32. The van der Waals surface area contributed by atoms with Crippen LogP contribution >= 0.6 is 0 Å². The second-order valence-electron chi connectivity index (χ2n) is 5.00. The summed E-state index contributed by atoms with van der Waals surface area (Å²) in [5.41, 5.74) is 7.31. The third kappa shape index (κ3) is 3.06. The van der Waals surface area contributed by atoms with Crippen LogP contribution in [0.25, 0.3) is 0 Å². The molecule has 17 heavy (non-hydrogen) atoms. The van der Waals surface area contributed by atoms with Gasteiger partial charge >= 0.3 is 0 Å². The van der Waals surface area contributed by atoms with E-state index in [-0.39, 0.29) is 6.04 Å². The lowest BCUT2D eigenvalue weighted by Crippen LogP contribution is -2.49. The molecule has 2 rings (SSSR count). The summed E-state index contributed by atoms with van der Waals surface area (Å²) in [6.07, 6.45) is 4.13. The number of hydrogen-bond acceptors (Lipinski definition) is 4. The number of aryl methyl sites for hydroxylation is 1. The first-order valence-corrected chi connectivity index (χ1v) is 6.16. The Morgan fingerprint density at radius 3 is 3.00 bits per heavy atom. The minimum atomic E-state index is 0.0245. The highest BCUT2D eigenvalue weighted by atomic mass is 16.5. The van der Waals surface area contributed by atoms with Gasteiger partial charge in [0.05, 0.1) is 18.9 Å². The molecule has 0 aliphatic carbocycles. The van der Waals surface area contributed by atoms with Crippen molar-refractivity contribution < 1.29 is 4.74 Å². The van der Waals surface area contributed by atoms with Gasteiger partial charge in [-0.25, -0.2) is 0 Å². The molecule has 1 saturated heterocycles. The van der Waals surface area contributed by atoms with E-state index in [0.29, 0.717) is 12.1 Å². The van der Waals surface area contributed by atoms with Crippen LogP contribution in [0.4, 0.5) is 0 Å².